The number of hydrogen-bond acceptors (Lipinski definition) is 7. The normalized spacial score (nSPS) is 15.4. The highest BCUT2D eigenvalue weighted by atomic mass is 32.2. The Labute approximate surface area is 180 Å². The van der Waals surface area contributed by atoms with Gasteiger partial charge in [-0.1, -0.05) is 42.2 Å². The number of carbonyl (C=O) groups is 2. The number of rotatable bonds is 6. The van der Waals surface area contributed by atoms with Crippen LogP contribution in [0.3, 0.4) is 0 Å². The van der Waals surface area contributed by atoms with Gasteiger partial charge >= 0.3 is 0 Å². The lowest BCUT2D eigenvalue weighted by Gasteiger charge is -2.14. The van der Waals surface area contributed by atoms with Crippen molar-refractivity contribution < 1.29 is 18.6 Å². The summed E-state index contributed by atoms with van der Waals surface area (Å²) < 4.78 is 18.2. The molecule has 1 N–H and O–H groups in total. The highest BCUT2D eigenvalue weighted by molar-refractivity contribution is 8.26. The van der Waals surface area contributed by atoms with E-state index in [0.29, 0.717) is 44.5 Å². The van der Waals surface area contributed by atoms with Gasteiger partial charge in [-0.15, -0.1) is 0 Å². The second kappa shape index (κ2) is 8.72. The highest BCUT2D eigenvalue weighted by Crippen LogP contribution is 2.32. The van der Waals surface area contributed by atoms with Crippen molar-refractivity contribution in [3.63, 3.8) is 0 Å². The van der Waals surface area contributed by atoms with E-state index in [1.165, 1.54) is 28.8 Å². The van der Waals surface area contributed by atoms with Crippen LogP contribution in [-0.4, -0.2) is 37.9 Å². The molecule has 1 saturated heterocycles. The Bertz CT molecular complexity index is 1160. The molecule has 2 amide bonds. The zero-order chi connectivity index (χ0) is 21.1. The van der Waals surface area contributed by atoms with E-state index in [0.717, 1.165) is 0 Å². The number of aromatic nitrogens is 2. The van der Waals surface area contributed by atoms with E-state index in [1.54, 1.807) is 36.4 Å². The van der Waals surface area contributed by atoms with Gasteiger partial charge < -0.3 is 5.32 Å². The van der Waals surface area contributed by atoms with Gasteiger partial charge in [-0.2, -0.15) is 0 Å². The number of fused-ring (bicyclic) bond motifs is 1. The Kier molecular flexibility index (Phi) is 5.86. The topological polar surface area (TPSA) is 88.3 Å². The van der Waals surface area contributed by atoms with Crippen LogP contribution in [0.5, 0.6) is 0 Å². The number of thiocarbonyl (C=S) groups is 1. The van der Waals surface area contributed by atoms with E-state index in [4.69, 9.17) is 12.2 Å². The number of halogens is 1. The second-order valence-corrected chi connectivity index (χ2v) is 8.15. The summed E-state index contributed by atoms with van der Waals surface area (Å²) in [6.45, 7) is 0.328. The quantitative estimate of drug-likeness (QED) is 0.456. The van der Waals surface area contributed by atoms with Gasteiger partial charge in [-0.25, -0.2) is 9.02 Å². The lowest BCUT2D eigenvalue weighted by molar-refractivity contribution is -0.122. The Balaban J connectivity index is 1.33. The van der Waals surface area contributed by atoms with Crippen molar-refractivity contribution in [1.82, 2.24) is 15.2 Å². The summed E-state index contributed by atoms with van der Waals surface area (Å²) in [4.78, 5) is 26.8. The lowest BCUT2D eigenvalue weighted by atomic mass is 10.2. The maximum atomic E-state index is 13.0. The van der Waals surface area contributed by atoms with Gasteiger partial charge in [0.1, 0.15) is 15.7 Å². The molecule has 0 radical (unpaired) electrons. The maximum Gasteiger partial charge on any atom is 0.266 e. The van der Waals surface area contributed by atoms with E-state index in [1.807, 2.05) is 0 Å². The molecule has 0 atom stereocenters. The molecular formula is C20H15FN4O3S2. The fraction of sp³-hybridized carbons (Fsp3) is 0.150. The minimum Gasteiger partial charge on any atom is -0.324 e. The minimum atomic E-state index is -0.339. The average molecular weight is 442 g/mol. The third-order valence-electron chi connectivity index (χ3n) is 4.39. The highest BCUT2D eigenvalue weighted by Gasteiger charge is 2.31. The summed E-state index contributed by atoms with van der Waals surface area (Å²) in [5.41, 5.74) is 2.27. The zero-order valence-corrected chi connectivity index (χ0v) is 17.1. The first-order valence-electron chi connectivity index (χ1n) is 9.03. The smallest absolute Gasteiger partial charge is 0.266 e. The van der Waals surface area contributed by atoms with Gasteiger partial charge in [-0.3, -0.25) is 14.5 Å². The predicted molar refractivity (Wildman–Crippen MR) is 116 cm³/mol. The monoisotopic (exact) mass is 442 g/mol. The van der Waals surface area contributed by atoms with Gasteiger partial charge in [0.2, 0.25) is 5.91 Å². The fourth-order valence-corrected chi connectivity index (χ4v) is 4.23. The summed E-state index contributed by atoms with van der Waals surface area (Å²) in [6.07, 6.45) is 2.32. The Morgan fingerprint density at radius 1 is 1.23 bits per heavy atom. The van der Waals surface area contributed by atoms with Crippen LogP contribution >= 0.6 is 24.0 Å². The lowest BCUT2D eigenvalue weighted by Crippen LogP contribution is -2.29. The van der Waals surface area contributed by atoms with E-state index in [2.05, 4.69) is 20.3 Å². The van der Waals surface area contributed by atoms with Gasteiger partial charge in [0.25, 0.3) is 5.91 Å². The molecule has 0 spiro atoms. The van der Waals surface area contributed by atoms with Crippen LogP contribution in [0.2, 0.25) is 0 Å². The van der Waals surface area contributed by atoms with Crippen molar-refractivity contribution in [2.45, 2.75) is 12.8 Å². The van der Waals surface area contributed by atoms with E-state index < -0.39 is 0 Å². The Hall–Kier alpha value is -3.11. The van der Waals surface area contributed by atoms with Crippen LogP contribution in [0, 0.1) is 5.82 Å². The number of thioether (sulfide) groups is 1. The van der Waals surface area contributed by atoms with Crippen molar-refractivity contribution in [1.29, 1.82) is 0 Å². The first-order valence-corrected chi connectivity index (χ1v) is 10.3. The molecule has 10 heteroatoms. The molecule has 7 nitrogen and oxygen atoms in total. The number of hydrogen-bond donors (Lipinski definition) is 1. The average Bonchev–Trinajstić information content (AvgIpc) is 3.30. The summed E-state index contributed by atoms with van der Waals surface area (Å²) in [7, 11) is 0. The number of anilines is 1. The van der Waals surface area contributed by atoms with Crippen LogP contribution in [0.4, 0.5) is 10.1 Å². The fourth-order valence-electron chi connectivity index (χ4n) is 2.92. The molecule has 0 unspecified atom stereocenters. The molecule has 1 aromatic heterocycles. The Morgan fingerprint density at radius 2 is 2.03 bits per heavy atom. The Morgan fingerprint density at radius 3 is 2.83 bits per heavy atom. The summed E-state index contributed by atoms with van der Waals surface area (Å²) in [5.74, 6) is -0.764. The molecule has 152 valence electrons. The molecule has 0 aliphatic carbocycles. The van der Waals surface area contributed by atoms with Crippen molar-refractivity contribution in [3.05, 3.63) is 58.8 Å². The third-order valence-corrected chi connectivity index (χ3v) is 5.76. The molecule has 1 aliphatic rings. The van der Waals surface area contributed by atoms with Crippen LogP contribution in [0.25, 0.3) is 17.1 Å². The zero-order valence-electron chi connectivity index (χ0n) is 15.5. The first kappa shape index (κ1) is 20.2. The van der Waals surface area contributed by atoms with Crippen molar-refractivity contribution in [2.24, 2.45) is 0 Å². The van der Waals surface area contributed by atoms with Crippen LogP contribution in [-0.2, 0) is 9.59 Å². The molecule has 0 saturated carbocycles. The predicted octanol–water partition coefficient (Wildman–Crippen LogP) is 3.98. The van der Waals surface area contributed by atoms with Crippen molar-refractivity contribution in [2.75, 3.05) is 11.9 Å². The number of nitrogens with zero attached hydrogens (tertiary/aromatic N) is 3. The first-order chi connectivity index (χ1) is 14.5. The summed E-state index contributed by atoms with van der Waals surface area (Å²) in [6, 6.07) is 11.1. The standard InChI is InChI=1S/C20H15FN4O3S2/c21-13-8-6-12(7-9-13)11-16-19(27)25(20(29)30-16)10-2-5-17(26)22-14-3-1-4-15-18(14)24-28-23-15/h1,3-4,6-9,11H,2,5,10H2,(H,22,26)/b16-11-. The van der Waals surface area contributed by atoms with E-state index in [-0.39, 0.29) is 24.1 Å². The summed E-state index contributed by atoms with van der Waals surface area (Å²) in [5, 5.41) is 10.3. The minimum absolute atomic E-state index is 0.204. The van der Waals surface area contributed by atoms with Gasteiger partial charge in [0.05, 0.1) is 10.6 Å². The van der Waals surface area contributed by atoms with Gasteiger partial charge in [-0.05, 0) is 52.6 Å². The maximum absolute atomic E-state index is 13.0. The molecule has 0 bridgehead atoms. The molecule has 1 aliphatic heterocycles. The van der Waals surface area contributed by atoms with Gasteiger partial charge in [0, 0.05) is 13.0 Å². The number of carbonyl (C=O) groups excluding carboxylic acids is 2. The third kappa shape index (κ3) is 4.39. The summed E-state index contributed by atoms with van der Waals surface area (Å²) >= 11 is 6.49. The van der Waals surface area contributed by atoms with E-state index >= 15 is 0 Å². The van der Waals surface area contributed by atoms with Crippen molar-refractivity contribution in [3.8, 4) is 0 Å². The van der Waals surface area contributed by atoms with Crippen molar-refractivity contribution >= 4 is 62.9 Å². The second-order valence-electron chi connectivity index (χ2n) is 6.47. The molecule has 2 aromatic carbocycles. The van der Waals surface area contributed by atoms with E-state index in [9.17, 15) is 14.0 Å². The molecule has 1 fully saturated rings. The van der Waals surface area contributed by atoms with Crippen LogP contribution in [0.15, 0.2) is 52.0 Å². The van der Waals surface area contributed by atoms with Crippen LogP contribution < -0.4 is 5.32 Å². The molecule has 30 heavy (non-hydrogen) atoms. The molecular weight excluding hydrogens is 427 g/mol. The van der Waals surface area contributed by atoms with Gasteiger partial charge in [0.15, 0.2) is 5.52 Å². The number of nitrogens with one attached hydrogen (secondary N) is 1. The molecule has 4 rings (SSSR count). The molecule has 2 heterocycles. The number of amides is 2. The van der Waals surface area contributed by atoms with Crippen LogP contribution in [0.1, 0.15) is 18.4 Å². The largest absolute Gasteiger partial charge is 0.324 e. The number of benzene rings is 2. The SMILES string of the molecule is O=C(CCCN1C(=O)/C(=C/c2ccc(F)cc2)SC1=S)Nc1cccc2nonc12. The molecule has 3 aromatic rings.